The summed E-state index contributed by atoms with van der Waals surface area (Å²) in [6.45, 7) is 2.07. The van der Waals surface area contributed by atoms with Gasteiger partial charge in [0.1, 0.15) is 0 Å². The number of halogens is 6. The molecule has 0 bridgehead atoms. The number of nitrogens with zero attached hydrogens (tertiary/aromatic N) is 2. The standard InChI is InChI=1S/C8H13N3S.2C2HF3O2/c1-11(2)8-10-6-3-4-9-5-7(6)12-8;2*3-2(4,5)1(6)7/h9H,3-5H2,1-2H3;2*(H,6,7). The van der Waals surface area contributed by atoms with Crippen LogP contribution in [0.25, 0.3) is 0 Å². The molecule has 0 saturated carbocycles. The van der Waals surface area contributed by atoms with Crippen LogP contribution in [0.15, 0.2) is 0 Å². The van der Waals surface area contributed by atoms with Crippen molar-refractivity contribution in [2.24, 2.45) is 0 Å². The second kappa shape index (κ2) is 9.56. The minimum atomic E-state index is -5.08. The van der Waals surface area contributed by atoms with Gasteiger partial charge in [-0.25, -0.2) is 14.6 Å². The number of alkyl halides is 6. The van der Waals surface area contributed by atoms with Crippen LogP contribution < -0.4 is 10.2 Å². The molecule has 26 heavy (non-hydrogen) atoms. The van der Waals surface area contributed by atoms with Gasteiger partial charge in [-0.15, -0.1) is 11.3 Å². The number of rotatable bonds is 1. The van der Waals surface area contributed by atoms with Crippen LogP contribution in [0, 0.1) is 0 Å². The topological polar surface area (TPSA) is 103 Å². The van der Waals surface area contributed by atoms with E-state index in [-0.39, 0.29) is 0 Å². The van der Waals surface area contributed by atoms with E-state index in [4.69, 9.17) is 19.8 Å². The van der Waals surface area contributed by atoms with E-state index >= 15 is 0 Å². The molecular weight excluding hydrogens is 396 g/mol. The Morgan fingerprint density at radius 3 is 1.81 bits per heavy atom. The van der Waals surface area contributed by atoms with Crippen molar-refractivity contribution in [2.75, 3.05) is 25.5 Å². The molecule has 0 aliphatic carbocycles. The second-order valence-electron chi connectivity index (χ2n) is 4.79. The first-order valence-corrected chi connectivity index (χ1v) is 7.44. The Labute approximate surface area is 147 Å². The fourth-order valence-corrected chi connectivity index (χ4v) is 2.30. The molecule has 0 fully saturated rings. The zero-order valence-electron chi connectivity index (χ0n) is 13.4. The molecule has 0 spiro atoms. The third-order valence-electron chi connectivity index (χ3n) is 2.46. The van der Waals surface area contributed by atoms with Crippen molar-refractivity contribution in [1.82, 2.24) is 10.3 Å². The number of anilines is 1. The highest BCUT2D eigenvalue weighted by molar-refractivity contribution is 7.15. The molecule has 0 atom stereocenters. The largest absolute Gasteiger partial charge is 0.490 e. The van der Waals surface area contributed by atoms with Gasteiger partial charge < -0.3 is 20.4 Å². The molecule has 1 aliphatic heterocycles. The molecule has 150 valence electrons. The molecule has 0 radical (unpaired) electrons. The molecular formula is C12H15F6N3O4S. The van der Waals surface area contributed by atoms with Crippen molar-refractivity contribution in [3.05, 3.63) is 10.6 Å². The van der Waals surface area contributed by atoms with Gasteiger partial charge in [0.15, 0.2) is 5.13 Å². The molecule has 1 aromatic rings. The van der Waals surface area contributed by atoms with Crippen LogP contribution in [0.3, 0.4) is 0 Å². The van der Waals surface area contributed by atoms with Gasteiger partial charge in [0.25, 0.3) is 0 Å². The Morgan fingerprint density at radius 2 is 1.50 bits per heavy atom. The van der Waals surface area contributed by atoms with Crippen LogP contribution in [0.2, 0.25) is 0 Å². The summed E-state index contributed by atoms with van der Waals surface area (Å²) in [4.78, 5) is 25.8. The number of hydrogen-bond acceptors (Lipinski definition) is 6. The van der Waals surface area contributed by atoms with Crippen LogP contribution in [0.4, 0.5) is 31.5 Å². The smallest absolute Gasteiger partial charge is 0.475 e. The van der Waals surface area contributed by atoms with Crippen molar-refractivity contribution < 1.29 is 46.1 Å². The van der Waals surface area contributed by atoms with E-state index in [2.05, 4.69) is 15.2 Å². The summed E-state index contributed by atoms with van der Waals surface area (Å²) < 4.78 is 63.5. The van der Waals surface area contributed by atoms with Gasteiger partial charge in [0.2, 0.25) is 0 Å². The number of carbonyl (C=O) groups is 2. The van der Waals surface area contributed by atoms with Crippen molar-refractivity contribution in [2.45, 2.75) is 25.3 Å². The Balaban J connectivity index is 0.000000390. The quantitative estimate of drug-likeness (QED) is 0.609. The van der Waals surface area contributed by atoms with Crippen molar-refractivity contribution >= 4 is 28.4 Å². The highest BCUT2D eigenvalue weighted by Gasteiger charge is 2.38. The van der Waals surface area contributed by atoms with Gasteiger partial charge in [-0.3, -0.25) is 0 Å². The second-order valence-corrected chi connectivity index (χ2v) is 5.86. The number of carboxylic acid groups (broad SMARTS) is 2. The molecule has 0 amide bonds. The number of aliphatic carboxylic acids is 2. The van der Waals surface area contributed by atoms with E-state index in [1.165, 1.54) is 10.6 Å². The van der Waals surface area contributed by atoms with E-state index in [1.54, 1.807) is 11.3 Å². The normalized spacial score (nSPS) is 13.4. The first-order valence-electron chi connectivity index (χ1n) is 6.63. The zero-order chi connectivity index (χ0) is 20.7. The van der Waals surface area contributed by atoms with E-state index < -0.39 is 24.3 Å². The number of fused-ring (bicyclic) bond motifs is 1. The minimum Gasteiger partial charge on any atom is -0.475 e. The molecule has 7 nitrogen and oxygen atoms in total. The lowest BCUT2D eigenvalue weighted by atomic mass is 10.2. The summed E-state index contributed by atoms with van der Waals surface area (Å²) >= 11 is 1.80. The summed E-state index contributed by atoms with van der Waals surface area (Å²) in [6.07, 6.45) is -9.08. The summed E-state index contributed by atoms with van der Waals surface area (Å²) in [5.41, 5.74) is 1.29. The van der Waals surface area contributed by atoms with E-state index in [9.17, 15) is 26.3 Å². The fourth-order valence-electron chi connectivity index (χ4n) is 1.30. The van der Waals surface area contributed by atoms with Crippen molar-refractivity contribution in [3.63, 3.8) is 0 Å². The predicted molar refractivity (Wildman–Crippen MR) is 79.2 cm³/mol. The van der Waals surface area contributed by atoms with Gasteiger partial charge in [-0.1, -0.05) is 0 Å². The van der Waals surface area contributed by atoms with Crippen LogP contribution in [-0.4, -0.2) is 60.1 Å². The molecule has 2 heterocycles. The van der Waals surface area contributed by atoms with E-state index in [1.807, 2.05) is 14.1 Å². The van der Waals surface area contributed by atoms with Crippen molar-refractivity contribution in [3.8, 4) is 0 Å². The average molecular weight is 411 g/mol. The average Bonchev–Trinajstić information content (AvgIpc) is 2.90. The number of hydrogen-bond donors (Lipinski definition) is 3. The number of carboxylic acids is 2. The molecule has 1 aliphatic rings. The molecule has 1 aromatic heterocycles. The monoisotopic (exact) mass is 411 g/mol. The maximum Gasteiger partial charge on any atom is 0.490 e. The highest BCUT2D eigenvalue weighted by Crippen LogP contribution is 2.26. The Kier molecular flexibility index (Phi) is 8.80. The summed E-state index contributed by atoms with van der Waals surface area (Å²) in [5, 5.41) is 18.7. The van der Waals surface area contributed by atoms with E-state index in [0.29, 0.717) is 0 Å². The molecule has 0 unspecified atom stereocenters. The van der Waals surface area contributed by atoms with Crippen LogP contribution in [0.5, 0.6) is 0 Å². The van der Waals surface area contributed by atoms with E-state index in [0.717, 1.165) is 24.6 Å². The Hall–Kier alpha value is -2.09. The maximum atomic E-state index is 10.6. The zero-order valence-corrected chi connectivity index (χ0v) is 14.2. The van der Waals surface area contributed by atoms with Gasteiger partial charge in [0, 0.05) is 38.5 Å². The number of aromatic nitrogens is 1. The summed E-state index contributed by atoms with van der Waals surface area (Å²) in [6, 6.07) is 0. The first kappa shape index (κ1) is 23.9. The Bertz CT molecular complexity index is 568. The first-order chi connectivity index (χ1) is 11.7. The van der Waals surface area contributed by atoms with Gasteiger partial charge in [0.05, 0.1) is 5.69 Å². The van der Waals surface area contributed by atoms with Gasteiger partial charge in [-0.05, 0) is 0 Å². The van der Waals surface area contributed by atoms with Gasteiger partial charge >= 0.3 is 24.3 Å². The lowest BCUT2D eigenvalue weighted by Crippen LogP contribution is -2.22. The lowest BCUT2D eigenvalue weighted by molar-refractivity contribution is -0.193. The molecule has 0 aromatic carbocycles. The molecule has 14 heteroatoms. The summed E-state index contributed by atoms with van der Waals surface area (Å²) in [7, 11) is 4.08. The minimum absolute atomic E-state index is 1.00. The third-order valence-corrected chi connectivity index (χ3v) is 3.72. The third kappa shape index (κ3) is 8.84. The predicted octanol–water partition coefficient (Wildman–Crippen LogP) is 2.12. The maximum absolute atomic E-state index is 10.6. The van der Waals surface area contributed by atoms with Crippen LogP contribution in [0.1, 0.15) is 10.6 Å². The number of nitrogens with one attached hydrogen (secondary N) is 1. The lowest BCUT2D eigenvalue weighted by Gasteiger charge is -2.09. The SMILES string of the molecule is CN(C)c1nc2c(s1)CNCC2.O=C(O)C(F)(F)F.O=C(O)C(F)(F)F. The molecule has 3 N–H and O–H groups in total. The van der Waals surface area contributed by atoms with Crippen LogP contribution >= 0.6 is 11.3 Å². The summed E-state index contributed by atoms with van der Waals surface area (Å²) in [5.74, 6) is -5.51. The fraction of sp³-hybridized carbons (Fsp3) is 0.583. The Morgan fingerprint density at radius 1 is 1.08 bits per heavy atom. The molecule has 0 saturated heterocycles. The van der Waals surface area contributed by atoms with Crippen molar-refractivity contribution in [1.29, 1.82) is 0 Å². The molecule has 2 rings (SSSR count). The van der Waals surface area contributed by atoms with Gasteiger partial charge in [-0.2, -0.15) is 26.3 Å². The number of thiazole rings is 1. The highest BCUT2D eigenvalue weighted by atomic mass is 32.1. The van der Waals surface area contributed by atoms with Crippen LogP contribution in [-0.2, 0) is 22.6 Å².